The van der Waals surface area contributed by atoms with Gasteiger partial charge in [0.15, 0.2) is 0 Å². The zero-order valence-corrected chi connectivity index (χ0v) is 11.6. The molecule has 1 nitrogen and oxygen atoms in total. The van der Waals surface area contributed by atoms with Crippen LogP contribution in [-0.4, -0.2) is 6.54 Å². The summed E-state index contributed by atoms with van der Waals surface area (Å²) in [6, 6.07) is 5.60. The molecule has 0 amide bonds. The van der Waals surface area contributed by atoms with Crippen LogP contribution in [0.5, 0.6) is 0 Å². The van der Waals surface area contributed by atoms with Gasteiger partial charge in [0.1, 0.15) is 5.82 Å². The Hall–Kier alpha value is -0.410. The second kappa shape index (κ2) is 6.36. The molecule has 0 spiro atoms. The van der Waals surface area contributed by atoms with E-state index >= 15 is 0 Å². The standard InChI is InChI=1S/C13H19BrFN/c1-4-16-13(7-9(2)3)10-5-6-11(14)12(15)8-10/h5-6,8-9,13,16H,4,7H2,1-3H3. The second-order valence-electron chi connectivity index (χ2n) is 4.41. The van der Waals surface area contributed by atoms with Crippen molar-refractivity contribution in [3.05, 3.63) is 34.1 Å². The van der Waals surface area contributed by atoms with E-state index in [2.05, 4.69) is 42.0 Å². The first-order chi connectivity index (χ1) is 7.54. The van der Waals surface area contributed by atoms with Gasteiger partial charge >= 0.3 is 0 Å². The molecule has 0 saturated carbocycles. The fraction of sp³-hybridized carbons (Fsp3) is 0.538. The SMILES string of the molecule is CCNC(CC(C)C)c1ccc(Br)c(F)c1. The minimum Gasteiger partial charge on any atom is -0.310 e. The minimum absolute atomic E-state index is 0.191. The van der Waals surface area contributed by atoms with Gasteiger partial charge in [-0.05, 0) is 52.5 Å². The summed E-state index contributed by atoms with van der Waals surface area (Å²) < 4.78 is 14.0. The van der Waals surface area contributed by atoms with E-state index in [1.54, 1.807) is 12.1 Å². The van der Waals surface area contributed by atoms with E-state index in [0.717, 1.165) is 18.5 Å². The third-order valence-electron chi connectivity index (χ3n) is 2.50. The lowest BCUT2D eigenvalue weighted by atomic mass is 9.97. The summed E-state index contributed by atoms with van der Waals surface area (Å²) in [6.07, 6.45) is 1.02. The van der Waals surface area contributed by atoms with Crippen molar-refractivity contribution in [2.24, 2.45) is 5.92 Å². The Bertz CT molecular complexity index is 339. The highest BCUT2D eigenvalue weighted by Gasteiger charge is 2.13. The molecule has 0 aromatic heterocycles. The van der Waals surface area contributed by atoms with E-state index in [1.807, 2.05) is 6.07 Å². The van der Waals surface area contributed by atoms with Crippen LogP contribution in [0.4, 0.5) is 4.39 Å². The van der Waals surface area contributed by atoms with Crippen LogP contribution < -0.4 is 5.32 Å². The van der Waals surface area contributed by atoms with Gasteiger partial charge in [0.05, 0.1) is 4.47 Å². The van der Waals surface area contributed by atoms with Gasteiger partial charge in [0, 0.05) is 6.04 Å². The second-order valence-corrected chi connectivity index (χ2v) is 5.27. The maximum Gasteiger partial charge on any atom is 0.137 e. The van der Waals surface area contributed by atoms with E-state index in [-0.39, 0.29) is 11.9 Å². The highest BCUT2D eigenvalue weighted by molar-refractivity contribution is 9.10. The lowest BCUT2D eigenvalue weighted by molar-refractivity contribution is 0.436. The highest BCUT2D eigenvalue weighted by Crippen LogP contribution is 2.25. The van der Waals surface area contributed by atoms with Crippen LogP contribution >= 0.6 is 15.9 Å². The van der Waals surface area contributed by atoms with Crippen molar-refractivity contribution in [2.75, 3.05) is 6.54 Å². The number of benzene rings is 1. The van der Waals surface area contributed by atoms with Crippen LogP contribution in [0.1, 0.15) is 38.8 Å². The molecule has 1 atom stereocenters. The molecular formula is C13H19BrFN. The fourth-order valence-electron chi connectivity index (χ4n) is 1.78. The lowest BCUT2D eigenvalue weighted by Crippen LogP contribution is -2.22. The third kappa shape index (κ3) is 3.87. The molecule has 16 heavy (non-hydrogen) atoms. The van der Waals surface area contributed by atoms with Crippen molar-refractivity contribution >= 4 is 15.9 Å². The predicted molar refractivity (Wildman–Crippen MR) is 70.0 cm³/mol. The summed E-state index contributed by atoms with van der Waals surface area (Å²) in [7, 11) is 0. The monoisotopic (exact) mass is 287 g/mol. The van der Waals surface area contributed by atoms with Crippen LogP contribution in [0.3, 0.4) is 0 Å². The number of hydrogen-bond donors (Lipinski definition) is 1. The third-order valence-corrected chi connectivity index (χ3v) is 3.15. The van der Waals surface area contributed by atoms with Crippen molar-refractivity contribution in [1.82, 2.24) is 5.32 Å². The van der Waals surface area contributed by atoms with Crippen LogP contribution in [0.25, 0.3) is 0 Å². The van der Waals surface area contributed by atoms with Crippen molar-refractivity contribution in [3.8, 4) is 0 Å². The van der Waals surface area contributed by atoms with Crippen molar-refractivity contribution in [3.63, 3.8) is 0 Å². The first-order valence-electron chi connectivity index (χ1n) is 5.73. The van der Waals surface area contributed by atoms with Crippen molar-refractivity contribution in [1.29, 1.82) is 0 Å². The molecule has 0 fully saturated rings. The van der Waals surface area contributed by atoms with Crippen LogP contribution in [0.2, 0.25) is 0 Å². The molecule has 0 radical (unpaired) electrons. The number of nitrogens with one attached hydrogen (secondary N) is 1. The maximum absolute atomic E-state index is 13.4. The maximum atomic E-state index is 13.4. The average molecular weight is 288 g/mol. The molecule has 0 aliphatic rings. The quantitative estimate of drug-likeness (QED) is 0.852. The Balaban J connectivity index is 2.87. The van der Waals surface area contributed by atoms with Gasteiger partial charge in [-0.3, -0.25) is 0 Å². The summed E-state index contributed by atoms with van der Waals surface area (Å²) in [4.78, 5) is 0. The Labute approximate surface area is 106 Å². The Morgan fingerprint density at radius 2 is 2.06 bits per heavy atom. The first-order valence-corrected chi connectivity index (χ1v) is 6.52. The fourth-order valence-corrected chi connectivity index (χ4v) is 2.03. The molecular weight excluding hydrogens is 269 g/mol. The molecule has 1 N–H and O–H groups in total. The Kier molecular flexibility index (Phi) is 5.42. The van der Waals surface area contributed by atoms with E-state index in [1.165, 1.54) is 0 Å². The van der Waals surface area contributed by atoms with Crippen LogP contribution in [0, 0.1) is 11.7 Å². The molecule has 1 aromatic carbocycles. The van der Waals surface area contributed by atoms with Crippen LogP contribution in [0.15, 0.2) is 22.7 Å². The molecule has 0 saturated heterocycles. The van der Waals surface area contributed by atoms with Gasteiger partial charge in [0.25, 0.3) is 0 Å². The largest absolute Gasteiger partial charge is 0.310 e. The van der Waals surface area contributed by atoms with E-state index in [0.29, 0.717) is 10.4 Å². The number of hydrogen-bond acceptors (Lipinski definition) is 1. The van der Waals surface area contributed by atoms with Crippen molar-refractivity contribution in [2.45, 2.75) is 33.2 Å². The molecule has 0 heterocycles. The Morgan fingerprint density at radius 3 is 2.56 bits per heavy atom. The van der Waals surface area contributed by atoms with Gasteiger partial charge in [-0.1, -0.05) is 26.8 Å². The summed E-state index contributed by atoms with van der Waals surface area (Å²) in [5.74, 6) is 0.403. The summed E-state index contributed by atoms with van der Waals surface area (Å²) in [5.41, 5.74) is 1.02. The van der Waals surface area contributed by atoms with Gasteiger partial charge in [-0.2, -0.15) is 0 Å². The highest BCUT2D eigenvalue weighted by atomic mass is 79.9. The van der Waals surface area contributed by atoms with E-state index < -0.39 is 0 Å². The lowest BCUT2D eigenvalue weighted by Gasteiger charge is -2.20. The van der Waals surface area contributed by atoms with Crippen LogP contribution in [-0.2, 0) is 0 Å². The van der Waals surface area contributed by atoms with E-state index in [4.69, 9.17) is 0 Å². The molecule has 0 bridgehead atoms. The van der Waals surface area contributed by atoms with Crippen molar-refractivity contribution < 1.29 is 4.39 Å². The molecule has 1 aromatic rings. The predicted octanol–water partition coefficient (Wildman–Crippen LogP) is 4.28. The molecule has 3 heteroatoms. The summed E-state index contributed by atoms with van der Waals surface area (Å²) >= 11 is 3.17. The molecule has 1 unspecified atom stereocenters. The molecule has 0 aliphatic carbocycles. The topological polar surface area (TPSA) is 12.0 Å². The normalized spacial score (nSPS) is 13.1. The Morgan fingerprint density at radius 1 is 1.38 bits per heavy atom. The summed E-state index contributed by atoms with van der Waals surface area (Å²) in [6.45, 7) is 7.33. The first kappa shape index (κ1) is 13.7. The number of halogens is 2. The minimum atomic E-state index is -0.191. The van der Waals surface area contributed by atoms with Gasteiger partial charge in [-0.15, -0.1) is 0 Å². The average Bonchev–Trinajstić information content (AvgIpc) is 2.21. The zero-order chi connectivity index (χ0) is 12.1. The molecule has 1 rings (SSSR count). The van der Waals surface area contributed by atoms with Gasteiger partial charge in [0.2, 0.25) is 0 Å². The zero-order valence-electron chi connectivity index (χ0n) is 10.1. The van der Waals surface area contributed by atoms with Gasteiger partial charge in [-0.25, -0.2) is 4.39 Å². The van der Waals surface area contributed by atoms with Gasteiger partial charge < -0.3 is 5.32 Å². The summed E-state index contributed by atoms with van der Waals surface area (Å²) in [5, 5.41) is 3.39. The van der Waals surface area contributed by atoms with E-state index in [9.17, 15) is 4.39 Å². The molecule has 90 valence electrons. The smallest absolute Gasteiger partial charge is 0.137 e. The molecule has 0 aliphatic heterocycles. The number of rotatable bonds is 5.